The van der Waals surface area contributed by atoms with E-state index in [4.69, 9.17) is 15.5 Å². The van der Waals surface area contributed by atoms with Crippen molar-refractivity contribution in [2.24, 2.45) is 5.92 Å². The number of nitrogens with two attached hydrogens (primary N) is 1. The van der Waals surface area contributed by atoms with E-state index < -0.39 is 0 Å². The zero-order chi connectivity index (χ0) is 14.5. The van der Waals surface area contributed by atoms with Gasteiger partial charge in [0.1, 0.15) is 11.9 Å². The molecule has 1 aliphatic rings. The van der Waals surface area contributed by atoms with Crippen LogP contribution in [-0.4, -0.2) is 16.6 Å². The lowest BCUT2D eigenvalue weighted by molar-refractivity contribution is -0.000247. The summed E-state index contributed by atoms with van der Waals surface area (Å²) in [5, 5.41) is 0. The normalized spacial score (nSPS) is 18.4. The molecule has 1 saturated carbocycles. The van der Waals surface area contributed by atoms with Gasteiger partial charge in [-0.25, -0.2) is 9.97 Å². The highest BCUT2D eigenvalue weighted by Crippen LogP contribution is 2.36. The second kappa shape index (κ2) is 7.02. The van der Waals surface area contributed by atoms with E-state index in [-0.39, 0.29) is 6.10 Å². The number of anilines is 1. The average Bonchev–Trinajstić information content (AvgIpc) is 2.45. The summed E-state index contributed by atoms with van der Waals surface area (Å²) >= 11 is 0. The van der Waals surface area contributed by atoms with E-state index in [1.54, 1.807) is 0 Å². The van der Waals surface area contributed by atoms with Gasteiger partial charge in [-0.3, -0.25) is 0 Å². The molecule has 0 aromatic carbocycles. The van der Waals surface area contributed by atoms with E-state index in [0.717, 1.165) is 11.5 Å². The van der Waals surface area contributed by atoms with E-state index in [1.165, 1.54) is 32.1 Å². The Bertz CT molecular complexity index is 428. The van der Waals surface area contributed by atoms with Gasteiger partial charge in [-0.05, 0) is 31.6 Å². The molecule has 0 spiro atoms. The van der Waals surface area contributed by atoms with Gasteiger partial charge in [-0.2, -0.15) is 0 Å². The molecule has 1 heterocycles. The lowest BCUT2D eigenvalue weighted by Gasteiger charge is -2.29. The molecule has 1 unspecified atom stereocenters. The molecule has 4 heteroatoms. The Labute approximate surface area is 122 Å². The lowest BCUT2D eigenvalue weighted by atomic mass is 9.84. The summed E-state index contributed by atoms with van der Waals surface area (Å²) in [5.74, 6) is 2.22. The van der Waals surface area contributed by atoms with Crippen molar-refractivity contribution in [1.82, 2.24) is 9.97 Å². The van der Waals surface area contributed by atoms with Gasteiger partial charge in [0.25, 0.3) is 0 Å². The average molecular weight is 277 g/mol. The first-order valence-corrected chi connectivity index (χ1v) is 7.87. The van der Waals surface area contributed by atoms with E-state index in [9.17, 15) is 0 Å². The van der Waals surface area contributed by atoms with Gasteiger partial charge in [0, 0.05) is 18.4 Å². The summed E-state index contributed by atoms with van der Waals surface area (Å²) in [5.41, 5.74) is 6.96. The minimum Gasteiger partial charge on any atom is -0.384 e. The predicted molar refractivity (Wildman–Crippen MR) is 81.5 cm³/mol. The first-order valence-electron chi connectivity index (χ1n) is 7.87. The van der Waals surface area contributed by atoms with Gasteiger partial charge in [0.2, 0.25) is 0 Å². The van der Waals surface area contributed by atoms with Crippen molar-refractivity contribution in [2.45, 2.75) is 64.9 Å². The summed E-state index contributed by atoms with van der Waals surface area (Å²) < 4.78 is 5.98. The minimum absolute atomic E-state index is 0.00120. The molecule has 0 aliphatic heterocycles. The number of hydrogen-bond acceptors (Lipinski definition) is 4. The summed E-state index contributed by atoms with van der Waals surface area (Å²) in [6, 6.07) is 1.87. The maximum absolute atomic E-state index is 5.98. The van der Waals surface area contributed by atoms with Crippen LogP contribution >= 0.6 is 0 Å². The Morgan fingerprint density at radius 3 is 2.55 bits per heavy atom. The van der Waals surface area contributed by atoms with Gasteiger partial charge < -0.3 is 10.5 Å². The number of hydrogen-bond donors (Lipinski definition) is 1. The van der Waals surface area contributed by atoms with Crippen LogP contribution < -0.4 is 5.73 Å². The van der Waals surface area contributed by atoms with Gasteiger partial charge >= 0.3 is 0 Å². The standard InChI is InChI=1S/C16H27N3O/c1-4-20-15(12-8-6-5-7-9-12)16-18-13(11(2)3)10-14(17)19-16/h10-12,15H,4-9H2,1-3H3,(H2,17,18,19). The van der Waals surface area contributed by atoms with Crippen LogP contribution in [0, 0.1) is 5.92 Å². The number of ether oxygens (including phenoxy) is 1. The Hall–Kier alpha value is -1.16. The molecule has 1 atom stereocenters. The Balaban J connectivity index is 2.27. The van der Waals surface area contributed by atoms with Crippen molar-refractivity contribution in [3.8, 4) is 0 Å². The van der Waals surface area contributed by atoms with Gasteiger partial charge in [-0.15, -0.1) is 0 Å². The first-order chi connectivity index (χ1) is 9.61. The number of aromatic nitrogens is 2. The zero-order valence-corrected chi connectivity index (χ0v) is 12.9. The fourth-order valence-electron chi connectivity index (χ4n) is 2.97. The van der Waals surface area contributed by atoms with Crippen LogP contribution in [0.4, 0.5) is 5.82 Å². The van der Waals surface area contributed by atoms with Crippen molar-refractivity contribution in [3.63, 3.8) is 0 Å². The molecule has 4 nitrogen and oxygen atoms in total. The third kappa shape index (κ3) is 3.69. The van der Waals surface area contributed by atoms with Gasteiger partial charge in [-0.1, -0.05) is 33.1 Å². The summed E-state index contributed by atoms with van der Waals surface area (Å²) in [6.45, 7) is 6.98. The molecule has 1 aliphatic carbocycles. The van der Waals surface area contributed by atoms with Gasteiger partial charge in [0.05, 0.1) is 0 Å². The predicted octanol–water partition coefficient (Wildman–Crippen LogP) is 3.84. The van der Waals surface area contributed by atoms with E-state index in [0.29, 0.717) is 24.3 Å². The second-order valence-electron chi connectivity index (χ2n) is 6.00. The van der Waals surface area contributed by atoms with E-state index >= 15 is 0 Å². The van der Waals surface area contributed by atoms with Crippen LogP contribution in [0.3, 0.4) is 0 Å². The van der Waals surface area contributed by atoms with Crippen LogP contribution in [0.1, 0.15) is 76.4 Å². The molecule has 1 aromatic rings. The lowest BCUT2D eigenvalue weighted by Crippen LogP contribution is -2.22. The summed E-state index contributed by atoms with van der Waals surface area (Å²) in [4.78, 5) is 9.16. The monoisotopic (exact) mass is 277 g/mol. The highest BCUT2D eigenvalue weighted by molar-refractivity contribution is 5.31. The molecule has 112 valence electrons. The van der Waals surface area contributed by atoms with Crippen LogP contribution in [0.25, 0.3) is 0 Å². The van der Waals surface area contributed by atoms with Crippen LogP contribution in [0.2, 0.25) is 0 Å². The maximum Gasteiger partial charge on any atom is 0.160 e. The van der Waals surface area contributed by atoms with Crippen molar-refractivity contribution < 1.29 is 4.74 Å². The molecule has 0 radical (unpaired) electrons. The molecule has 0 saturated heterocycles. The fourth-order valence-corrected chi connectivity index (χ4v) is 2.97. The number of nitrogen functional groups attached to an aromatic ring is 1. The van der Waals surface area contributed by atoms with Gasteiger partial charge in [0.15, 0.2) is 5.82 Å². The second-order valence-corrected chi connectivity index (χ2v) is 6.00. The molecule has 20 heavy (non-hydrogen) atoms. The number of rotatable bonds is 5. The largest absolute Gasteiger partial charge is 0.384 e. The minimum atomic E-state index is 0.00120. The molecule has 0 bridgehead atoms. The molecule has 1 fully saturated rings. The Morgan fingerprint density at radius 2 is 1.95 bits per heavy atom. The highest BCUT2D eigenvalue weighted by Gasteiger charge is 2.28. The Morgan fingerprint density at radius 1 is 1.25 bits per heavy atom. The summed E-state index contributed by atoms with van der Waals surface area (Å²) in [6.07, 6.45) is 6.33. The number of nitrogens with zero attached hydrogens (tertiary/aromatic N) is 2. The molecule has 2 rings (SSSR count). The van der Waals surface area contributed by atoms with E-state index in [1.807, 2.05) is 13.0 Å². The van der Waals surface area contributed by atoms with Crippen LogP contribution in [0.5, 0.6) is 0 Å². The van der Waals surface area contributed by atoms with Crippen LogP contribution in [0.15, 0.2) is 6.07 Å². The molecular weight excluding hydrogens is 250 g/mol. The highest BCUT2D eigenvalue weighted by atomic mass is 16.5. The van der Waals surface area contributed by atoms with Crippen molar-refractivity contribution in [3.05, 3.63) is 17.6 Å². The third-order valence-electron chi connectivity index (χ3n) is 4.05. The molecular formula is C16H27N3O. The molecule has 2 N–H and O–H groups in total. The van der Waals surface area contributed by atoms with E-state index in [2.05, 4.69) is 18.8 Å². The fraction of sp³-hybridized carbons (Fsp3) is 0.750. The molecule has 1 aromatic heterocycles. The van der Waals surface area contributed by atoms with Crippen molar-refractivity contribution >= 4 is 5.82 Å². The maximum atomic E-state index is 5.98. The SMILES string of the molecule is CCOC(c1nc(N)cc(C(C)C)n1)C1CCCCC1. The van der Waals surface area contributed by atoms with Crippen molar-refractivity contribution in [2.75, 3.05) is 12.3 Å². The summed E-state index contributed by atoms with van der Waals surface area (Å²) in [7, 11) is 0. The quantitative estimate of drug-likeness (QED) is 0.888. The topological polar surface area (TPSA) is 61.0 Å². The first kappa shape index (κ1) is 15.2. The Kier molecular flexibility index (Phi) is 5.35. The van der Waals surface area contributed by atoms with Crippen LogP contribution in [-0.2, 0) is 4.74 Å². The molecule has 0 amide bonds. The zero-order valence-electron chi connectivity index (χ0n) is 12.9. The van der Waals surface area contributed by atoms with Crippen molar-refractivity contribution in [1.29, 1.82) is 0 Å². The smallest absolute Gasteiger partial charge is 0.160 e. The third-order valence-corrected chi connectivity index (χ3v) is 4.05.